The third kappa shape index (κ3) is 2.76. The van der Waals surface area contributed by atoms with Crippen molar-refractivity contribution in [2.45, 2.75) is 13.0 Å². The zero-order chi connectivity index (χ0) is 14.7. The fraction of sp³-hybridized carbons (Fsp3) is 0.182. The Hall–Kier alpha value is -2.84. The highest BCUT2D eigenvalue weighted by molar-refractivity contribution is 5.98. The van der Waals surface area contributed by atoms with Gasteiger partial charge in [-0.1, -0.05) is 0 Å². The number of carbonyl (C=O) groups excluding carboxylic acids is 1. The van der Waals surface area contributed by atoms with Gasteiger partial charge in [0.1, 0.15) is 23.5 Å². The summed E-state index contributed by atoms with van der Waals surface area (Å²) in [5, 5.41) is 19.5. The number of amides is 1. The number of nitro groups is 1. The lowest BCUT2D eigenvalue weighted by Crippen LogP contribution is -2.28. The molecular weight excluding hydrogens is 269 g/mol. The number of rotatable bonds is 4. The van der Waals surface area contributed by atoms with Crippen LogP contribution in [0.2, 0.25) is 0 Å². The summed E-state index contributed by atoms with van der Waals surface area (Å²) in [5.74, 6) is -1.11. The first kappa shape index (κ1) is 13.6. The zero-order valence-electron chi connectivity index (χ0n) is 10.3. The minimum Gasteiger partial charge on any atom is -0.342 e. The van der Waals surface area contributed by atoms with Gasteiger partial charge in [-0.3, -0.25) is 20.0 Å². The first-order valence-corrected chi connectivity index (χ1v) is 5.59. The average molecular weight is 279 g/mol. The number of benzene rings is 1. The van der Waals surface area contributed by atoms with Crippen LogP contribution in [0.1, 0.15) is 29.1 Å². The molecule has 0 aliphatic rings. The molecule has 1 aromatic carbocycles. The number of halogens is 1. The molecule has 0 radical (unpaired) electrons. The van der Waals surface area contributed by atoms with Crippen LogP contribution in [-0.2, 0) is 0 Å². The lowest BCUT2D eigenvalue weighted by atomic mass is 10.1. The second-order valence-corrected chi connectivity index (χ2v) is 3.98. The normalized spacial score (nSPS) is 11.9. The van der Waals surface area contributed by atoms with E-state index < -0.39 is 28.4 Å². The third-order valence-electron chi connectivity index (χ3n) is 2.59. The minimum absolute atomic E-state index is 0.346. The minimum atomic E-state index is -0.764. The molecule has 0 saturated carbocycles. The Morgan fingerprint density at radius 2 is 2.30 bits per heavy atom. The first-order valence-electron chi connectivity index (χ1n) is 5.59. The summed E-state index contributed by atoms with van der Waals surface area (Å²) in [6.07, 6.45) is 1.27. The standard InChI is InChI=1S/C11H10FN5O3/c1-6(10-13-5-14-16-10)15-11(18)8-4-7(12)2-3-9(8)17(19)20/h2-6H,1H3,(H,15,18)(H,13,14,16). The summed E-state index contributed by atoms with van der Waals surface area (Å²) < 4.78 is 13.2. The highest BCUT2D eigenvalue weighted by Crippen LogP contribution is 2.20. The van der Waals surface area contributed by atoms with Crippen LogP contribution >= 0.6 is 0 Å². The largest absolute Gasteiger partial charge is 0.342 e. The third-order valence-corrected chi connectivity index (χ3v) is 2.59. The van der Waals surface area contributed by atoms with Crippen molar-refractivity contribution in [3.63, 3.8) is 0 Å². The molecule has 0 saturated heterocycles. The number of hydrogen-bond donors (Lipinski definition) is 2. The summed E-state index contributed by atoms with van der Waals surface area (Å²) in [5.41, 5.74) is -0.810. The van der Waals surface area contributed by atoms with E-state index in [0.29, 0.717) is 5.82 Å². The number of H-pyrrole nitrogens is 1. The van der Waals surface area contributed by atoms with Crippen molar-refractivity contribution in [2.24, 2.45) is 0 Å². The predicted molar refractivity (Wildman–Crippen MR) is 65.3 cm³/mol. The molecule has 104 valence electrons. The average Bonchev–Trinajstić information content (AvgIpc) is 2.92. The van der Waals surface area contributed by atoms with Crippen LogP contribution in [0, 0.1) is 15.9 Å². The number of nitrogens with zero attached hydrogens (tertiary/aromatic N) is 3. The lowest BCUT2D eigenvalue weighted by molar-refractivity contribution is -0.385. The first-order chi connectivity index (χ1) is 9.49. The van der Waals surface area contributed by atoms with Crippen LogP contribution < -0.4 is 5.32 Å². The van der Waals surface area contributed by atoms with Gasteiger partial charge in [-0.25, -0.2) is 9.37 Å². The lowest BCUT2D eigenvalue weighted by Gasteiger charge is -2.11. The van der Waals surface area contributed by atoms with Gasteiger partial charge in [0.05, 0.1) is 11.0 Å². The summed E-state index contributed by atoms with van der Waals surface area (Å²) in [7, 11) is 0. The van der Waals surface area contributed by atoms with E-state index in [1.165, 1.54) is 6.33 Å². The van der Waals surface area contributed by atoms with Crippen molar-refractivity contribution in [1.29, 1.82) is 0 Å². The molecule has 0 fully saturated rings. The van der Waals surface area contributed by atoms with Crippen molar-refractivity contribution in [1.82, 2.24) is 20.5 Å². The maximum absolute atomic E-state index is 13.2. The maximum atomic E-state index is 13.2. The van der Waals surface area contributed by atoms with E-state index in [1.54, 1.807) is 6.92 Å². The molecule has 0 bridgehead atoms. The highest BCUT2D eigenvalue weighted by Gasteiger charge is 2.23. The molecule has 1 unspecified atom stereocenters. The monoisotopic (exact) mass is 279 g/mol. The zero-order valence-corrected chi connectivity index (χ0v) is 10.3. The molecule has 1 atom stereocenters. The molecule has 2 N–H and O–H groups in total. The number of nitrogens with one attached hydrogen (secondary N) is 2. The predicted octanol–water partition coefficient (Wildman–Crippen LogP) is 1.34. The van der Waals surface area contributed by atoms with Crippen LogP contribution in [0.25, 0.3) is 0 Å². The van der Waals surface area contributed by atoms with Gasteiger partial charge in [-0.2, -0.15) is 5.10 Å². The van der Waals surface area contributed by atoms with Gasteiger partial charge in [-0.15, -0.1) is 0 Å². The summed E-state index contributed by atoms with van der Waals surface area (Å²) in [4.78, 5) is 25.9. The Kier molecular flexibility index (Phi) is 3.69. The number of aromatic nitrogens is 3. The molecule has 1 amide bonds. The molecule has 0 spiro atoms. The summed E-state index contributed by atoms with van der Waals surface area (Å²) in [6, 6.07) is 2.14. The van der Waals surface area contributed by atoms with E-state index >= 15 is 0 Å². The molecule has 0 aliphatic carbocycles. The van der Waals surface area contributed by atoms with Gasteiger partial charge in [0.2, 0.25) is 0 Å². The second-order valence-electron chi connectivity index (χ2n) is 3.98. The van der Waals surface area contributed by atoms with Gasteiger partial charge < -0.3 is 5.32 Å². The van der Waals surface area contributed by atoms with Crippen molar-refractivity contribution >= 4 is 11.6 Å². The molecule has 8 nitrogen and oxygen atoms in total. The second kappa shape index (κ2) is 5.43. The van der Waals surface area contributed by atoms with Crippen LogP contribution in [-0.4, -0.2) is 26.0 Å². The summed E-state index contributed by atoms with van der Waals surface area (Å²) in [6.45, 7) is 1.61. The van der Waals surface area contributed by atoms with Gasteiger partial charge in [0.15, 0.2) is 0 Å². The van der Waals surface area contributed by atoms with Gasteiger partial charge in [-0.05, 0) is 19.1 Å². The highest BCUT2D eigenvalue weighted by atomic mass is 19.1. The number of aromatic amines is 1. The van der Waals surface area contributed by atoms with E-state index in [4.69, 9.17) is 0 Å². The van der Waals surface area contributed by atoms with Crippen molar-refractivity contribution in [2.75, 3.05) is 0 Å². The van der Waals surface area contributed by atoms with Crippen molar-refractivity contribution in [3.8, 4) is 0 Å². The van der Waals surface area contributed by atoms with E-state index in [9.17, 15) is 19.3 Å². The van der Waals surface area contributed by atoms with E-state index in [1.807, 2.05) is 0 Å². The van der Waals surface area contributed by atoms with Crippen LogP contribution in [0.15, 0.2) is 24.5 Å². The topological polar surface area (TPSA) is 114 Å². The van der Waals surface area contributed by atoms with E-state index in [-0.39, 0.29) is 5.56 Å². The molecule has 0 aliphatic heterocycles. The van der Waals surface area contributed by atoms with Crippen LogP contribution in [0.4, 0.5) is 10.1 Å². The molecule has 20 heavy (non-hydrogen) atoms. The Morgan fingerprint density at radius 1 is 1.55 bits per heavy atom. The number of nitro benzene ring substituents is 1. The SMILES string of the molecule is CC(NC(=O)c1cc(F)ccc1[N+](=O)[O-])c1ncn[nH]1. The van der Waals surface area contributed by atoms with Gasteiger partial charge >= 0.3 is 0 Å². The molecule has 1 aromatic heterocycles. The van der Waals surface area contributed by atoms with Gasteiger partial charge in [0.25, 0.3) is 11.6 Å². The fourth-order valence-corrected chi connectivity index (χ4v) is 1.62. The Morgan fingerprint density at radius 3 is 2.90 bits per heavy atom. The maximum Gasteiger partial charge on any atom is 0.282 e. The Labute approximate surface area is 112 Å². The van der Waals surface area contributed by atoms with Crippen molar-refractivity contribution < 1.29 is 14.1 Å². The molecule has 9 heteroatoms. The van der Waals surface area contributed by atoms with E-state index in [0.717, 1.165) is 18.2 Å². The Bertz CT molecular complexity index is 644. The van der Waals surface area contributed by atoms with E-state index in [2.05, 4.69) is 20.5 Å². The van der Waals surface area contributed by atoms with Crippen LogP contribution in [0.5, 0.6) is 0 Å². The van der Waals surface area contributed by atoms with Crippen molar-refractivity contribution in [3.05, 3.63) is 51.8 Å². The molecular formula is C11H10FN5O3. The summed E-state index contributed by atoms with van der Waals surface area (Å²) >= 11 is 0. The van der Waals surface area contributed by atoms with Crippen LogP contribution in [0.3, 0.4) is 0 Å². The quantitative estimate of drug-likeness (QED) is 0.647. The van der Waals surface area contributed by atoms with Gasteiger partial charge in [0, 0.05) is 6.07 Å². The molecule has 1 heterocycles. The number of carbonyl (C=O) groups is 1. The Balaban J connectivity index is 2.25. The fourth-order valence-electron chi connectivity index (χ4n) is 1.62. The smallest absolute Gasteiger partial charge is 0.282 e. The molecule has 2 aromatic rings. The molecule has 2 rings (SSSR count). The number of hydrogen-bond acceptors (Lipinski definition) is 5.